The van der Waals surface area contributed by atoms with Gasteiger partial charge in [-0.05, 0) is 59.7 Å². The number of benzene rings is 3. The molecule has 0 fully saturated rings. The second kappa shape index (κ2) is 10.6. The van der Waals surface area contributed by atoms with E-state index in [1.807, 2.05) is 0 Å². The summed E-state index contributed by atoms with van der Waals surface area (Å²) in [6, 6.07) is 16.2. The third kappa shape index (κ3) is 6.32. The zero-order valence-electron chi connectivity index (χ0n) is 16.8. The summed E-state index contributed by atoms with van der Waals surface area (Å²) < 4.78 is 18.9. The van der Waals surface area contributed by atoms with E-state index in [4.69, 9.17) is 33.0 Å². The molecule has 0 spiro atoms. The predicted molar refractivity (Wildman–Crippen MR) is 123 cm³/mol. The largest absolute Gasteiger partial charge is 0.486 e. The maximum absolute atomic E-state index is 13.3. The average molecular weight is 485 g/mol. The molecular weight excluding hydrogens is 470 g/mol. The van der Waals surface area contributed by atoms with Crippen LogP contribution in [0.4, 0.5) is 10.1 Å². The lowest BCUT2D eigenvalue weighted by Gasteiger charge is -2.11. The predicted octanol–water partition coefficient (Wildman–Crippen LogP) is 5.96. The molecule has 33 heavy (non-hydrogen) atoms. The molecule has 0 aliphatic rings. The second-order valence-electron chi connectivity index (χ2n) is 6.74. The number of anilines is 1. The van der Waals surface area contributed by atoms with Crippen LogP contribution in [0.3, 0.4) is 0 Å². The summed E-state index contributed by atoms with van der Waals surface area (Å²) in [5, 5.41) is 21.2. The summed E-state index contributed by atoms with van der Waals surface area (Å²) in [6.45, 7) is 0.0354. The van der Waals surface area contributed by atoms with Crippen LogP contribution in [0.25, 0.3) is 6.08 Å². The Morgan fingerprint density at radius 1 is 1.09 bits per heavy atom. The molecule has 0 radical (unpaired) electrons. The van der Waals surface area contributed by atoms with E-state index in [2.05, 4.69) is 5.32 Å². The molecule has 0 aliphatic carbocycles. The number of amides is 1. The minimum Gasteiger partial charge on any atom is -0.486 e. The number of hydrogen-bond donors (Lipinski definition) is 2. The van der Waals surface area contributed by atoms with E-state index in [0.29, 0.717) is 11.1 Å². The third-order valence-corrected chi connectivity index (χ3v) is 4.90. The van der Waals surface area contributed by atoms with Crippen molar-refractivity contribution < 1.29 is 23.8 Å². The van der Waals surface area contributed by atoms with Gasteiger partial charge in [0.05, 0.1) is 15.6 Å². The lowest BCUT2D eigenvalue weighted by molar-refractivity contribution is -0.112. The van der Waals surface area contributed by atoms with Crippen molar-refractivity contribution in [1.82, 2.24) is 0 Å². The Morgan fingerprint density at radius 2 is 1.79 bits per heavy atom. The number of hydrogen-bond acceptors (Lipinski definition) is 4. The third-order valence-electron chi connectivity index (χ3n) is 4.34. The first-order valence-electron chi connectivity index (χ1n) is 9.39. The van der Waals surface area contributed by atoms with E-state index in [9.17, 15) is 19.2 Å². The van der Waals surface area contributed by atoms with Gasteiger partial charge in [-0.1, -0.05) is 41.4 Å². The Bertz CT molecular complexity index is 1280. The smallest absolute Gasteiger partial charge is 0.335 e. The fraction of sp³-hybridized carbons (Fsp3) is 0.0417. The molecule has 3 rings (SSSR count). The van der Waals surface area contributed by atoms with Crippen LogP contribution in [0, 0.1) is 17.1 Å². The van der Waals surface area contributed by atoms with Crippen molar-refractivity contribution in [2.75, 3.05) is 5.32 Å². The first-order valence-corrected chi connectivity index (χ1v) is 10.1. The molecule has 0 aliphatic heterocycles. The van der Waals surface area contributed by atoms with E-state index in [1.54, 1.807) is 18.2 Å². The van der Waals surface area contributed by atoms with Crippen LogP contribution in [-0.2, 0) is 11.4 Å². The fourth-order valence-electron chi connectivity index (χ4n) is 2.83. The number of halogens is 3. The highest BCUT2D eigenvalue weighted by Gasteiger charge is 2.14. The van der Waals surface area contributed by atoms with Gasteiger partial charge in [-0.3, -0.25) is 4.79 Å². The molecule has 3 aromatic carbocycles. The average Bonchev–Trinajstić information content (AvgIpc) is 2.77. The van der Waals surface area contributed by atoms with Crippen LogP contribution in [0.5, 0.6) is 5.75 Å². The van der Waals surface area contributed by atoms with Crippen molar-refractivity contribution >= 4 is 46.8 Å². The summed E-state index contributed by atoms with van der Waals surface area (Å²) in [7, 11) is 0. The number of carboxylic acids is 1. The van der Waals surface area contributed by atoms with E-state index >= 15 is 0 Å². The van der Waals surface area contributed by atoms with Crippen molar-refractivity contribution in [2.24, 2.45) is 0 Å². The normalized spacial score (nSPS) is 10.9. The maximum atomic E-state index is 13.3. The topological polar surface area (TPSA) is 99.4 Å². The zero-order valence-corrected chi connectivity index (χ0v) is 18.3. The second-order valence-corrected chi connectivity index (χ2v) is 7.56. The summed E-state index contributed by atoms with van der Waals surface area (Å²) in [6.07, 6.45) is 1.28. The van der Waals surface area contributed by atoms with E-state index < -0.39 is 17.7 Å². The molecule has 0 saturated heterocycles. The number of nitrogens with zero attached hydrogens (tertiary/aromatic N) is 1. The van der Waals surface area contributed by atoms with Gasteiger partial charge in [0.2, 0.25) is 0 Å². The van der Waals surface area contributed by atoms with Gasteiger partial charge >= 0.3 is 5.97 Å². The minimum atomic E-state index is -1.15. The number of aromatic carboxylic acids is 1. The Kier molecular flexibility index (Phi) is 7.67. The number of nitriles is 1. The molecule has 0 unspecified atom stereocenters. The Hall–Kier alpha value is -3.86. The molecule has 9 heteroatoms. The van der Waals surface area contributed by atoms with E-state index in [1.165, 1.54) is 54.6 Å². The number of nitrogens with one attached hydrogen (secondary N) is 1. The molecule has 0 atom stereocenters. The van der Waals surface area contributed by atoms with Gasteiger partial charge in [0.1, 0.15) is 24.1 Å². The lowest BCUT2D eigenvalue weighted by Crippen LogP contribution is -2.14. The van der Waals surface area contributed by atoms with Gasteiger partial charge in [-0.25, -0.2) is 9.18 Å². The number of carbonyl (C=O) groups excluding carboxylic acids is 1. The standard InChI is InChI=1S/C24H15Cl2FN2O4/c25-20-9-15(10-21(26)22(20)33-13-14-3-1-5-18(27)8-14)7-17(12-28)23(30)29-19-6-2-4-16(11-19)24(31)32/h1-11H,13H2,(H,29,30)(H,31,32)/b17-7-. The van der Waals surface area contributed by atoms with Crippen LogP contribution in [0.2, 0.25) is 10.0 Å². The fourth-order valence-corrected chi connectivity index (χ4v) is 3.44. The van der Waals surface area contributed by atoms with Crippen LogP contribution < -0.4 is 10.1 Å². The Balaban J connectivity index is 1.78. The highest BCUT2D eigenvalue weighted by molar-refractivity contribution is 6.37. The molecule has 0 heterocycles. The minimum absolute atomic E-state index is 0.0114. The molecular formula is C24H15Cl2FN2O4. The summed E-state index contributed by atoms with van der Waals surface area (Å²) in [5.41, 5.74) is 0.910. The molecule has 0 bridgehead atoms. The summed E-state index contributed by atoms with van der Waals surface area (Å²) >= 11 is 12.5. The number of rotatable bonds is 7. The van der Waals surface area contributed by atoms with E-state index in [-0.39, 0.29) is 39.2 Å². The quantitative estimate of drug-likeness (QED) is 0.318. The van der Waals surface area contributed by atoms with Crippen LogP contribution >= 0.6 is 23.2 Å². The van der Waals surface area contributed by atoms with Gasteiger partial charge in [0.15, 0.2) is 5.75 Å². The van der Waals surface area contributed by atoms with Crippen LogP contribution in [-0.4, -0.2) is 17.0 Å². The first-order chi connectivity index (χ1) is 15.8. The highest BCUT2D eigenvalue weighted by atomic mass is 35.5. The molecule has 0 aromatic heterocycles. The summed E-state index contributed by atoms with van der Waals surface area (Å²) in [4.78, 5) is 23.6. The first kappa shape index (κ1) is 23.8. The van der Waals surface area contributed by atoms with Crippen molar-refractivity contribution in [1.29, 1.82) is 5.26 Å². The number of carboxylic acid groups (broad SMARTS) is 1. The van der Waals surface area contributed by atoms with Gasteiger partial charge in [0.25, 0.3) is 5.91 Å². The molecule has 3 aromatic rings. The molecule has 166 valence electrons. The maximum Gasteiger partial charge on any atom is 0.335 e. The SMILES string of the molecule is N#C/C(=C/c1cc(Cl)c(OCc2cccc(F)c2)c(Cl)c1)C(=O)Nc1cccc(C(=O)O)c1. The molecule has 1 amide bonds. The number of carbonyl (C=O) groups is 2. The van der Waals surface area contributed by atoms with Crippen molar-refractivity contribution in [3.63, 3.8) is 0 Å². The van der Waals surface area contributed by atoms with Gasteiger partial charge in [-0.2, -0.15) is 5.26 Å². The molecule has 0 saturated carbocycles. The van der Waals surface area contributed by atoms with Crippen molar-refractivity contribution in [2.45, 2.75) is 6.61 Å². The van der Waals surface area contributed by atoms with E-state index in [0.717, 1.165) is 0 Å². The van der Waals surface area contributed by atoms with Gasteiger partial charge in [0, 0.05) is 5.69 Å². The zero-order chi connectivity index (χ0) is 24.0. The van der Waals surface area contributed by atoms with Crippen molar-refractivity contribution in [3.8, 4) is 11.8 Å². The van der Waals surface area contributed by atoms with Gasteiger partial charge < -0.3 is 15.2 Å². The monoisotopic (exact) mass is 484 g/mol. The number of ether oxygens (including phenoxy) is 1. The summed E-state index contributed by atoms with van der Waals surface area (Å²) in [5.74, 6) is -2.11. The van der Waals surface area contributed by atoms with Crippen molar-refractivity contribution in [3.05, 3.63) is 98.8 Å². The Labute approximate surface area is 198 Å². The lowest BCUT2D eigenvalue weighted by atomic mass is 10.1. The van der Waals surface area contributed by atoms with Crippen LogP contribution in [0.1, 0.15) is 21.5 Å². The Morgan fingerprint density at radius 3 is 2.42 bits per heavy atom. The van der Waals surface area contributed by atoms with Gasteiger partial charge in [-0.15, -0.1) is 0 Å². The highest BCUT2D eigenvalue weighted by Crippen LogP contribution is 2.35. The van der Waals surface area contributed by atoms with Crippen LogP contribution in [0.15, 0.2) is 66.2 Å². The molecule has 6 nitrogen and oxygen atoms in total. The molecule has 2 N–H and O–H groups in total.